The number of hydrogen-bond acceptors (Lipinski definition) is 5. The lowest BCUT2D eigenvalue weighted by Crippen LogP contribution is -2.51. The van der Waals surface area contributed by atoms with E-state index in [2.05, 4.69) is 16.0 Å². The number of nitrogens with two attached hydrogens (primary N) is 1. The van der Waals surface area contributed by atoms with Crippen molar-refractivity contribution in [3.63, 3.8) is 0 Å². The highest BCUT2D eigenvalue weighted by Gasteiger charge is 2.32. The monoisotopic (exact) mass is 571 g/mol. The van der Waals surface area contributed by atoms with E-state index in [1.54, 1.807) is 11.8 Å². The maximum absolute atomic E-state index is 13.8. The molecule has 4 rings (SSSR count). The molecule has 1 heterocycles. The van der Waals surface area contributed by atoms with Crippen molar-refractivity contribution in [1.29, 1.82) is 0 Å². The molecule has 0 saturated carbocycles. The summed E-state index contributed by atoms with van der Waals surface area (Å²) >= 11 is 0. The van der Waals surface area contributed by atoms with E-state index >= 15 is 0 Å². The maximum atomic E-state index is 13.8. The lowest BCUT2D eigenvalue weighted by molar-refractivity contribution is -0.137. The summed E-state index contributed by atoms with van der Waals surface area (Å²) in [6.07, 6.45) is 0.0696. The van der Waals surface area contributed by atoms with E-state index < -0.39 is 23.7 Å². The third-order valence-corrected chi connectivity index (χ3v) is 7.44. The number of rotatable bonds is 11. The maximum Gasteiger partial charge on any atom is 0.312 e. The number of primary amides is 1. The molecule has 3 aromatic carbocycles. The van der Waals surface area contributed by atoms with Crippen molar-refractivity contribution < 1.29 is 19.5 Å². The van der Waals surface area contributed by atoms with Crippen molar-refractivity contribution in [3.8, 4) is 11.1 Å². The van der Waals surface area contributed by atoms with Crippen LogP contribution in [0.4, 0.5) is 4.79 Å². The molecular weight excluding hydrogens is 530 g/mol. The topological polar surface area (TPSA) is 137 Å². The summed E-state index contributed by atoms with van der Waals surface area (Å²) in [6.45, 7) is 7.05. The summed E-state index contributed by atoms with van der Waals surface area (Å²) in [6, 6.07) is 22.5. The Balaban J connectivity index is 1.50. The van der Waals surface area contributed by atoms with E-state index in [0.29, 0.717) is 32.6 Å². The van der Waals surface area contributed by atoms with Gasteiger partial charge in [-0.15, -0.1) is 0 Å². The average Bonchev–Trinajstić information content (AvgIpc) is 3.07. The van der Waals surface area contributed by atoms with E-state index in [0.717, 1.165) is 33.4 Å². The predicted molar refractivity (Wildman–Crippen MR) is 163 cm³/mol. The van der Waals surface area contributed by atoms with Crippen LogP contribution in [-0.4, -0.2) is 52.1 Å². The number of carbonyl (C=O) groups excluding carboxylic acids is 3. The van der Waals surface area contributed by atoms with Crippen LogP contribution in [0.25, 0.3) is 11.1 Å². The summed E-state index contributed by atoms with van der Waals surface area (Å²) in [5.41, 5.74) is 10.7. The van der Waals surface area contributed by atoms with Crippen LogP contribution in [0.5, 0.6) is 0 Å². The zero-order valence-corrected chi connectivity index (χ0v) is 24.5. The first-order chi connectivity index (χ1) is 20.0. The summed E-state index contributed by atoms with van der Waals surface area (Å²) < 4.78 is 0. The summed E-state index contributed by atoms with van der Waals surface area (Å²) in [4.78, 5) is 39.9. The highest BCUT2D eigenvalue weighted by atomic mass is 16.3. The first-order valence-corrected chi connectivity index (χ1v) is 14.3. The number of nitrogens with one attached hydrogen (secondary N) is 3. The highest BCUT2D eigenvalue weighted by molar-refractivity contribution is 5.89. The van der Waals surface area contributed by atoms with Gasteiger partial charge in [0.1, 0.15) is 6.04 Å². The Morgan fingerprint density at radius 3 is 2.38 bits per heavy atom. The Kier molecular flexibility index (Phi) is 9.98. The standard InChI is InChI=1S/C33H41N5O4/c1-22(39)18-36-33(2,3)17-30(40)37-29-16-25-8-4-5-10-27(25)21-38(31(29)41)20-23-12-14-24(15-13-23)28-11-7-6-9-26(28)19-35-32(34)42/h4-15,22,29,36,39H,16-21H2,1-3H3,(H,37,40)(H3,34,35,42)/t22-,29-/m1/s1. The molecule has 9 heteroatoms. The highest BCUT2D eigenvalue weighted by Crippen LogP contribution is 2.26. The van der Waals surface area contributed by atoms with Gasteiger partial charge in [-0.05, 0) is 54.2 Å². The lowest BCUT2D eigenvalue weighted by atomic mass is 9.98. The van der Waals surface area contributed by atoms with Crippen LogP contribution in [0.2, 0.25) is 0 Å². The minimum atomic E-state index is -0.683. The quantitative estimate of drug-likeness (QED) is 0.241. The number of fused-ring (bicyclic) bond motifs is 1. The van der Waals surface area contributed by atoms with Crippen LogP contribution in [-0.2, 0) is 35.6 Å². The SMILES string of the molecule is C[C@@H](O)CNC(C)(C)CC(=O)N[C@@H]1Cc2ccccc2CN(Cc2ccc(-c3ccccc3CNC(N)=O)cc2)C1=O. The van der Waals surface area contributed by atoms with E-state index in [4.69, 9.17) is 5.73 Å². The van der Waals surface area contributed by atoms with Crippen molar-refractivity contribution in [2.24, 2.45) is 5.73 Å². The van der Waals surface area contributed by atoms with Gasteiger partial charge >= 0.3 is 6.03 Å². The summed E-state index contributed by atoms with van der Waals surface area (Å²) in [5.74, 6) is -0.342. The fraction of sp³-hybridized carbons (Fsp3) is 0.364. The van der Waals surface area contributed by atoms with Gasteiger partial charge in [0.2, 0.25) is 11.8 Å². The van der Waals surface area contributed by atoms with Gasteiger partial charge in [0.05, 0.1) is 6.10 Å². The van der Waals surface area contributed by atoms with Gasteiger partial charge in [-0.3, -0.25) is 9.59 Å². The number of carbonyl (C=O) groups is 3. The fourth-order valence-electron chi connectivity index (χ4n) is 5.25. The smallest absolute Gasteiger partial charge is 0.312 e. The van der Waals surface area contributed by atoms with Crippen molar-refractivity contribution >= 4 is 17.8 Å². The molecule has 0 radical (unpaired) electrons. The van der Waals surface area contributed by atoms with Gasteiger partial charge in [-0.2, -0.15) is 0 Å². The normalized spacial score (nSPS) is 15.9. The van der Waals surface area contributed by atoms with Gasteiger partial charge < -0.3 is 31.7 Å². The summed E-state index contributed by atoms with van der Waals surface area (Å²) in [5, 5.41) is 18.5. The Bertz CT molecular complexity index is 1400. The number of aliphatic hydroxyl groups is 1. The number of urea groups is 1. The molecule has 0 bridgehead atoms. The van der Waals surface area contributed by atoms with Crippen LogP contribution in [0.3, 0.4) is 0 Å². The van der Waals surface area contributed by atoms with Crippen molar-refractivity contribution in [3.05, 3.63) is 95.1 Å². The van der Waals surface area contributed by atoms with Crippen LogP contribution >= 0.6 is 0 Å². The number of aliphatic hydroxyl groups excluding tert-OH is 1. The molecular formula is C33H41N5O4. The van der Waals surface area contributed by atoms with Crippen molar-refractivity contribution in [1.82, 2.24) is 20.9 Å². The Hall–Kier alpha value is -4.21. The van der Waals surface area contributed by atoms with Gasteiger partial charge in [-0.1, -0.05) is 72.8 Å². The van der Waals surface area contributed by atoms with Crippen LogP contribution in [0.15, 0.2) is 72.8 Å². The second-order valence-electron chi connectivity index (χ2n) is 11.6. The second-order valence-corrected chi connectivity index (χ2v) is 11.6. The van der Waals surface area contributed by atoms with Gasteiger partial charge in [-0.25, -0.2) is 4.79 Å². The molecule has 2 atom stereocenters. The third kappa shape index (κ3) is 8.41. The predicted octanol–water partition coefficient (Wildman–Crippen LogP) is 3.23. The van der Waals surface area contributed by atoms with Crippen molar-refractivity contribution in [2.75, 3.05) is 6.54 Å². The fourth-order valence-corrected chi connectivity index (χ4v) is 5.25. The Morgan fingerprint density at radius 2 is 1.69 bits per heavy atom. The van der Waals surface area contributed by atoms with E-state index in [1.807, 2.05) is 86.6 Å². The number of nitrogens with zero attached hydrogens (tertiary/aromatic N) is 1. The average molecular weight is 572 g/mol. The van der Waals surface area contributed by atoms with E-state index in [1.165, 1.54) is 0 Å². The van der Waals surface area contributed by atoms with E-state index in [-0.39, 0.29) is 18.2 Å². The molecule has 0 saturated heterocycles. The molecule has 3 aromatic rings. The third-order valence-electron chi connectivity index (χ3n) is 7.44. The molecule has 0 unspecified atom stereocenters. The number of β-amino-alcohol motifs (C(OH)–C–C–N with tert-alkyl or cyclic N) is 1. The minimum Gasteiger partial charge on any atom is -0.392 e. The first kappa shape index (κ1) is 30.7. The molecule has 9 nitrogen and oxygen atoms in total. The zero-order chi connectivity index (χ0) is 30.3. The molecule has 0 aromatic heterocycles. The molecule has 0 fully saturated rings. The van der Waals surface area contributed by atoms with Gasteiger partial charge in [0, 0.05) is 44.6 Å². The molecule has 222 valence electrons. The number of benzene rings is 3. The molecule has 0 spiro atoms. The van der Waals surface area contributed by atoms with Crippen molar-refractivity contribution in [2.45, 2.75) is 70.9 Å². The van der Waals surface area contributed by atoms with Crippen LogP contribution < -0.4 is 21.7 Å². The Labute approximate surface area is 247 Å². The molecule has 42 heavy (non-hydrogen) atoms. The largest absolute Gasteiger partial charge is 0.392 e. The van der Waals surface area contributed by atoms with Gasteiger partial charge in [0.15, 0.2) is 0 Å². The summed E-state index contributed by atoms with van der Waals surface area (Å²) in [7, 11) is 0. The molecule has 0 aliphatic carbocycles. The van der Waals surface area contributed by atoms with Crippen LogP contribution in [0.1, 0.15) is 49.4 Å². The number of hydrogen-bond donors (Lipinski definition) is 5. The van der Waals surface area contributed by atoms with Crippen LogP contribution in [0, 0.1) is 0 Å². The molecule has 1 aliphatic rings. The number of amides is 4. The van der Waals surface area contributed by atoms with E-state index in [9.17, 15) is 19.5 Å². The molecule has 1 aliphatic heterocycles. The zero-order valence-electron chi connectivity index (χ0n) is 24.5. The molecule has 6 N–H and O–H groups in total. The second kappa shape index (κ2) is 13.6. The Morgan fingerprint density at radius 1 is 1.02 bits per heavy atom. The molecule has 4 amide bonds. The lowest BCUT2D eigenvalue weighted by Gasteiger charge is -2.29. The van der Waals surface area contributed by atoms with Gasteiger partial charge in [0.25, 0.3) is 0 Å². The minimum absolute atomic E-state index is 0.124. The first-order valence-electron chi connectivity index (χ1n) is 14.3.